The minimum Gasteiger partial charge on any atom is -0.504 e. The number of phenols is 2. The Morgan fingerprint density at radius 1 is 1.04 bits per heavy atom. The molecule has 6 heteroatoms. The third-order valence-corrected chi connectivity index (χ3v) is 4.39. The van der Waals surface area contributed by atoms with Crippen molar-refractivity contribution in [3.63, 3.8) is 0 Å². The van der Waals surface area contributed by atoms with Crippen LogP contribution >= 0.6 is 0 Å². The van der Waals surface area contributed by atoms with E-state index < -0.39 is 0 Å². The van der Waals surface area contributed by atoms with Crippen LogP contribution in [-0.2, 0) is 0 Å². The zero-order valence-electron chi connectivity index (χ0n) is 12.7. The molecule has 0 amide bonds. The highest BCUT2D eigenvalue weighted by molar-refractivity contribution is 5.61. The lowest BCUT2D eigenvalue weighted by Gasteiger charge is -2.28. The highest BCUT2D eigenvalue weighted by Gasteiger charge is 2.43. The van der Waals surface area contributed by atoms with Gasteiger partial charge in [0.15, 0.2) is 23.0 Å². The summed E-state index contributed by atoms with van der Waals surface area (Å²) in [6.07, 6.45) is -0.330. The predicted octanol–water partition coefficient (Wildman–Crippen LogP) is 2.72. The van der Waals surface area contributed by atoms with Gasteiger partial charge >= 0.3 is 0 Å². The molecule has 120 valence electrons. The Bertz CT molecular complexity index is 785. The van der Waals surface area contributed by atoms with Gasteiger partial charge < -0.3 is 29.2 Å². The Kier molecular flexibility index (Phi) is 2.94. The summed E-state index contributed by atoms with van der Waals surface area (Å²) in [4.78, 5) is 0. The Morgan fingerprint density at radius 3 is 2.57 bits per heavy atom. The summed E-state index contributed by atoms with van der Waals surface area (Å²) in [6, 6.07) is 6.82. The van der Waals surface area contributed by atoms with Crippen molar-refractivity contribution in [1.82, 2.24) is 0 Å². The van der Waals surface area contributed by atoms with Gasteiger partial charge in [-0.3, -0.25) is 0 Å². The van der Waals surface area contributed by atoms with E-state index in [9.17, 15) is 10.2 Å². The summed E-state index contributed by atoms with van der Waals surface area (Å²) < 4.78 is 22.0. The number of hydrogen-bond donors (Lipinski definition) is 2. The number of hydrogen-bond acceptors (Lipinski definition) is 6. The highest BCUT2D eigenvalue weighted by Crippen LogP contribution is 2.56. The Morgan fingerprint density at radius 2 is 1.83 bits per heavy atom. The minimum absolute atomic E-state index is 0.0151. The van der Waals surface area contributed by atoms with Gasteiger partial charge in [-0.25, -0.2) is 0 Å². The molecule has 0 unspecified atom stereocenters. The van der Waals surface area contributed by atoms with Crippen LogP contribution in [0.15, 0.2) is 24.3 Å². The molecule has 4 rings (SSSR count). The molecule has 2 aliphatic rings. The second kappa shape index (κ2) is 4.87. The zero-order valence-corrected chi connectivity index (χ0v) is 12.7. The third-order valence-electron chi connectivity index (χ3n) is 4.39. The van der Waals surface area contributed by atoms with Crippen LogP contribution in [0.2, 0.25) is 0 Å². The van der Waals surface area contributed by atoms with Gasteiger partial charge in [-0.15, -0.1) is 0 Å². The van der Waals surface area contributed by atoms with Crippen molar-refractivity contribution < 1.29 is 29.2 Å². The van der Waals surface area contributed by atoms with E-state index in [1.807, 2.05) is 6.07 Å². The van der Waals surface area contributed by atoms with Gasteiger partial charge in [0.1, 0.15) is 11.9 Å². The van der Waals surface area contributed by atoms with Crippen molar-refractivity contribution in [3.05, 3.63) is 35.4 Å². The standard InChI is InChI=1S/C17H16O6/c1-20-12-4-3-8-10-7-22-13-6-14(21-2)11(18)5-9(13)16(10)23-17(8)15(12)19/h3-6,10,16,18-19H,7H2,1-2H3/t10-,16-/m1/s1. The maximum Gasteiger partial charge on any atom is 0.201 e. The zero-order chi connectivity index (χ0) is 16.1. The molecule has 0 saturated carbocycles. The fraction of sp³-hybridized carbons (Fsp3) is 0.294. The summed E-state index contributed by atoms with van der Waals surface area (Å²) in [6.45, 7) is 0.421. The van der Waals surface area contributed by atoms with Crippen LogP contribution in [0.3, 0.4) is 0 Å². The molecule has 0 aliphatic carbocycles. The first kappa shape index (κ1) is 13.9. The van der Waals surface area contributed by atoms with E-state index in [0.29, 0.717) is 29.6 Å². The van der Waals surface area contributed by atoms with Crippen molar-refractivity contribution in [1.29, 1.82) is 0 Å². The fourth-order valence-corrected chi connectivity index (χ4v) is 3.24. The highest BCUT2D eigenvalue weighted by atomic mass is 16.5. The lowest BCUT2D eigenvalue weighted by atomic mass is 9.89. The van der Waals surface area contributed by atoms with E-state index in [-0.39, 0.29) is 23.5 Å². The second-order valence-corrected chi connectivity index (χ2v) is 5.55. The molecule has 0 spiro atoms. The molecule has 2 aliphatic heterocycles. The van der Waals surface area contributed by atoms with Crippen LogP contribution in [0.25, 0.3) is 0 Å². The second-order valence-electron chi connectivity index (χ2n) is 5.55. The number of phenolic OH excluding ortho intramolecular Hbond substituents is 2. The molecule has 2 atom stereocenters. The van der Waals surface area contributed by atoms with Crippen LogP contribution in [0, 0.1) is 0 Å². The molecule has 0 bridgehead atoms. The van der Waals surface area contributed by atoms with E-state index in [4.69, 9.17) is 18.9 Å². The van der Waals surface area contributed by atoms with Crippen molar-refractivity contribution in [3.8, 4) is 34.5 Å². The van der Waals surface area contributed by atoms with Crippen molar-refractivity contribution >= 4 is 0 Å². The summed E-state index contributed by atoms with van der Waals surface area (Å²) >= 11 is 0. The first-order chi connectivity index (χ1) is 11.1. The Hall–Kier alpha value is -2.76. The van der Waals surface area contributed by atoms with E-state index >= 15 is 0 Å². The number of fused-ring (bicyclic) bond motifs is 5. The van der Waals surface area contributed by atoms with Gasteiger partial charge in [0.05, 0.1) is 26.7 Å². The normalized spacial score (nSPS) is 20.6. The van der Waals surface area contributed by atoms with Crippen molar-refractivity contribution in [2.24, 2.45) is 0 Å². The molecule has 0 saturated heterocycles. The van der Waals surface area contributed by atoms with Gasteiger partial charge in [0.2, 0.25) is 5.75 Å². The fourth-order valence-electron chi connectivity index (χ4n) is 3.24. The van der Waals surface area contributed by atoms with Gasteiger partial charge in [0.25, 0.3) is 0 Å². The van der Waals surface area contributed by atoms with E-state index in [1.165, 1.54) is 14.2 Å². The molecule has 2 aromatic rings. The molecule has 2 N–H and O–H groups in total. The van der Waals surface area contributed by atoms with Crippen molar-refractivity contribution in [2.75, 3.05) is 20.8 Å². The summed E-state index contributed by atoms with van der Waals surface area (Å²) in [5.41, 5.74) is 1.60. The summed E-state index contributed by atoms with van der Waals surface area (Å²) in [5.74, 6) is 1.69. The molecular formula is C17H16O6. The molecule has 2 aromatic carbocycles. The lowest BCUT2D eigenvalue weighted by Crippen LogP contribution is -2.23. The van der Waals surface area contributed by atoms with E-state index in [0.717, 1.165) is 11.1 Å². The van der Waals surface area contributed by atoms with Gasteiger partial charge in [0, 0.05) is 17.2 Å². The molecule has 0 fully saturated rings. The topological polar surface area (TPSA) is 77.4 Å². The van der Waals surface area contributed by atoms with Crippen LogP contribution in [-0.4, -0.2) is 31.0 Å². The predicted molar refractivity (Wildman–Crippen MR) is 80.9 cm³/mol. The lowest BCUT2D eigenvalue weighted by molar-refractivity contribution is 0.136. The molecule has 0 radical (unpaired) electrons. The minimum atomic E-state index is -0.330. The van der Waals surface area contributed by atoms with Crippen LogP contribution in [0.4, 0.5) is 0 Å². The number of rotatable bonds is 2. The van der Waals surface area contributed by atoms with Gasteiger partial charge in [-0.05, 0) is 12.1 Å². The monoisotopic (exact) mass is 316 g/mol. The first-order valence-electron chi connectivity index (χ1n) is 7.24. The Balaban J connectivity index is 1.80. The van der Waals surface area contributed by atoms with Gasteiger partial charge in [-0.1, -0.05) is 6.07 Å². The molecule has 23 heavy (non-hydrogen) atoms. The number of benzene rings is 2. The molecular weight excluding hydrogens is 300 g/mol. The smallest absolute Gasteiger partial charge is 0.201 e. The van der Waals surface area contributed by atoms with Crippen molar-refractivity contribution in [2.45, 2.75) is 12.0 Å². The van der Waals surface area contributed by atoms with Crippen LogP contribution in [0.5, 0.6) is 34.5 Å². The molecule has 2 heterocycles. The number of methoxy groups -OCH3 is 2. The SMILES string of the molecule is COc1cc2c(cc1O)[C@H]1Oc3c(ccc(OC)c3O)[C@H]1CO2. The van der Waals surface area contributed by atoms with Crippen LogP contribution < -0.4 is 18.9 Å². The average Bonchev–Trinajstić information content (AvgIpc) is 2.95. The molecule has 6 nitrogen and oxygen atoms in total. The van der Waals surface area contributed by atoms with Gasteiger partial charge in [-0.2, -0.15) is 0 Å². The van der Waals surface area contributed by atoms with Crippen LogP contribution in [0.1, 0.15) is 23.1 Å². The van der Waals surface area contributed by atoms with E-state index in [1.54, 1.807) is 18.2 Å². The molecule has 0 aromatic heterocycles. The quantitative estimate of drug-likeness (QED) is 0.887. The Labute approximate surface area is 132 Å². The summed E-state index contributed by atoms with van der Waals surface area (Å²) in [7, 11) is 2.98. The number of aromatic hydroxyl groups is 2. The average molecular weight is 316 g/mol. The van der Waals surface area contributed by atoms with E-state index in [2.05, 4.69) is 0 Å². The maximum absolute atomic E-state index is 10.3. The largest absolute Gasteiger partial charge is 0.504 e. The summed E-state index contributed by atoms with van der Waals surface area (Å²) in [5, 5.41) is 20.3. The first-order valence-corrected chi connectivity index (χ1v) is 7.24. The maximum atomic E-state index is 10.3. The third kappa shape index (κ3) is 1.87. The number of ether oxygens (including phenoxy) is 4.